The zero-order chi connectivity index (χ0) is 14.7. The van der Waals surface area contributed by atoms with Gasteiger partial charge in [0.05, 0.1) is 11.7 Å². The Morgan fingerprint density at radius 1 is 1.19 bits per heavy atom. The Bertz CT molecular complexity index is 703. The number of benzene rings is 1. The number of nitrogens with one attached hydrogen (secondary N) is 1. The highest BCUT2D eigenvalue weighted by molar-refractivity contribution is 7.12. The Labute approximate surface area is 128 Å². The highest BCUT2D eigenvalue weighted by atomic mass is 32.1. The van der Waals surface area contributed by atoms with Crippen LogP contribution >= 0.6 is 11.3 Å². The van der Waals surface area contributed by atoms with Crippen molar-refractivity contribution in [3.8, 4) is 5.69 Å². The topological polar surface area (TPSA) is 42.7 Å². The molecule has 0 saturated carbocycles. The summed E-state index contributed by atoms with van der Waals surface area (Å²) in [4.78, 5) is 2.79. The van der Waals surface area contributed by atoms with Crippen molar-refractivity contribution in [1.82, 2.24) is 14.8 Å². The molecule has 3 aromatic rings. The smallest absolute Gasteiger partial charge is 0.123 e. The summed E-state index contributed by atoms with van der Waals surface area (Å²) in [6, 6.07) is 13.0. The number of hydrogen-bond acceptors (Lipinski definition) is 4. The van der Waals surface area contributed by atoms with Gasteiger partial charge in [-0.3, -0.25) is 4.57 Å². The van der Waals surface area contributed by atoms with Crippen molar-refractivity contribution in [2.45, 2.75) is 26.3 Å². The third-order valence-electron chi connectivity index (χ3n) is 3.40. The molecule has 0 aliphatic rings. The number of rotatable bonds is 5. The van der Waals surface area contributed by atoms with Crippen LogP contribution in [0, 0.1) is 0 Å². The lowest BCUT2D eigenvalue weighted by Crippen LogP contribution is -2.05. The fourth-order valence-corrected chi connectivity index (χ4v) is 3.18. The van der Waals surface area contributed by atoms with Gasteiger partial charge in [0.1, 0.15) is 12.7 Å². The maximum absolute atomic E-state index is 3.84. The van der Waals surface area contributed by atoms with E-state index < -0.39 is 0 Å². The number of thiophene rings is 1. The molecule has 108 valence electrons. The Balaban J connectivity index is 1.77. The van der Waals surface area contributed by atoms with Crippen LogP contribution in [0.3, 0.4) is 0 Å². The minimum Gasteiger partial charge on any atom is -0.378 e. The SMILES string of the molecule is CCc1ccc(C(C)Nc2cccc(-n3cnnc3)c2)s1. The molecule has 4 nitrogen and oxygen atoms in total. The largest absolute Gasteiger partial charge is 0.378 e. The summed E-state index contributed by atoms with van der Waals surface area (Å²) in [5, 5.41) is 11.2. The fraction of sp³-hybridized carbons (Fsp3) is 0.250. The van der Waals surface area contributed by atoms with Crippen LogP contribution < -0.4 is 5.32 Å². The summed E-state index contributed by atoms with van der Waals surface area (Å²) in [6.07, 6.45) is 4.51. The average molecular weight is 298 g/mol. The summed E-state index contributed by atoms with van der Waals surface area (Å²) in [7, 11) is 0. The van der Waals surface area contributed by atoms with Crippen molar-refractivity contribution < 1.29 is 0 Å². The molecule has 0 radical (unpaired) electrons. The zero-order valence-corrected chi connectivity index (χ0v) is 13.0. The first-order chi connectivity index (χ1) is 10.3. The lowest BCUT2D eigenvalue weighted by molar-refractivity contribution is 0.907. The predicted octanol–water partition coefficient (Wildman–Crippen LogP) is 4.06. The van der Waals surface area contributed by atoms with E-state index in [1.807, 2.05) is 28.0 Å². The summed E-state index contributed by atoms with van der Waals surface area (Å²) in [5.74, 6) is 0. The summed E-state index contributed by atoms with van der Waals surface area (Å²) >= 11 is 1.87. The first-order valence-corrected chi connectivity index (χ1v) is 7.88. The Morgan fingerprint density at radius 2 is 2.00 bits per heavy atom. The van der Waals surface area contributed by atoms with Crippen molar-refractivity contribution >= 4 is 17.0 Å². The summed E-state index contributed by atoms with van der Waals surface area (Å²) in [5.41, 5.74) is 2.15. The lowest BCUT2D eigenvalue weighted by atomic mass is 10.2. The molecule has 3 rings (SSSR count). The third-order valence-corrected chi connectivity index (χ3v) is 4.82. The summed E-state index contributed by atoms with van der Waals surface area (Å²) < 4.78 is 1.90. The van der Waals surface area contributed by atoms with E-state index in [-0.39, 0.29) is 0 Å². The standard InChI is InChI=1S/C16H18N4S/c1-3-15-7-8-16(21-15)12(2)19-13-5-4-6-14(9-13)20-10-17-18-11-20/h4-12,19H,3H2,1-2H3. The van der Waals surface area contributed by atoms with Crippen LogP contribution in [0.5, 0.6) is 0 Å². The van der Waals surface area contributed by atoms with E-state index in [0.29, 0.717) is 6.04 Å². The van der Waals surface area contributed by atoms with Crippen molar-refractivity contribution in [2.75, 3.05) is 5.32 Å². The molecule has 5 heteroatoms. The molecule has 2 aromatic heterocycles. The van der Waals surface area contributed by atoms with Crippen LogP contribution in [0.15, 0.2) is 49.1 Å². The van der Waals surface area contributed by atoms with Crippen molar-refractivity contribution in [2.24, 2.45) is 0 Å². The van der Waals surface area contributed by atoms with Crippen LogP contribution in [-0.4, -0.2) is 14.8 Å². The van der Waals surface area contributed by atoms with Gasteiger partial charge in [-0.15, -0.1) is 21.5 Å². The molecule has 0 amide bonds. The van der Waals surface area contributed by atoms with E-state index in [1.54, 1.807) is 12.7 Å². The maximum Gasteiger partial charge on any atom is 0.123 e. The summed E-state index contributed by atoms with van der Waals surface area (Å²) in [6.45, 7) is 4.38. The third kappa shape index (κ3) is 3.13. The number of aromatic nitrogens is 3. The van der Waals surface area contributed by atoms with Gasteiger partial charge in [0.25, 0.3) is 0 Å². The van der Waals surface area contributed by atoms with Crippen LogP contribution in [-0.2, 0) is 6.42 Å². The molecule has 1 atom stereocenters. The lowest BCUT2D eigenvalue weighted by Gasteiger charge is -2.14. The van der Waals surface area contributed by atoms with Gasteiger partial charge in [-0.25, -0.2) is 0 Å². The van der Waals surface area contributed by atoms with Gasteiger partial charge in [0, 0.05) is 15.4 Å². The Morgan fingerprint density at radius 3 is 2.71 bits per heavy atom. The molecule has 1 aromatic carbocycles. The highest BCUT2D eigenvalue weighted by Gasteiger charge is 2.08. The van der Waals surface area contributed by atoms with Gasteiger partial charge in [-0.2, -0.15) is 0 Å². The first kappa shape index (κ1) is 13.8. The second kappa shape index (κ2) is 6.10. The van der Waals surface area contributed by atoms with Gasteiger partial charge in [-0.05, 0) is 43.7 Å². The molecular weight excluding hydrogens is 280 g/mol. The molecular formula is C16H18N4S. The molecule has 1 N–H and O–H groups in total. The average Bonchev–Trinajstić information content (AvgIpc) is 3.19. The molecule has 0 bridgehead atoms. The quantitative estimate of drug-likeness (QED) is 0.772. The van der Waals surface area contributed by atoms with Gasteiger partial charge in [0.15, 0.2) is 0 Å². The van der Waals surface area contributed by atoms with Crippen LogP contribution in [0.25, 0.3) is 5.69 Å². The molecule has 1 unspecified atom stereocenters. The second-order valence-corrected chi connectivity index (χ2v) is 6.14. The molecule has 0 spiro atoms. The van der Waals surface area contributed by atoms with Gasteiger partial charge in [-0.1, -0.05) is 13.0 Å². The Hall–Kier alpha value is -2.14. The number of hydrogen-bond donors (Lipinski definition) is 1. The van der Waals surface area contributed by atoms with Crippen LogP contribution in [0.1, 0.15) is 29.6 Å². The molecule has 21 heavy (non-hydrogen) atoms. The number of nitrogens with zero attached hydrogens (tertiary/aromatic N) is 3. The van der Waals surface area contributed by atoms with Gasteiger partial charge < -0.3 is 5.32 Å². The molecule has 0 aliphatic carbocycles. The molecule has 0 saturated heterocycles. The van der Waals surface area contributed by atoms with E-state index in [1.165, 1.54) is 9.75 Å². The van der Waals surface area contributed by atoms with E-state index in [2.05, 4.69) is 53.6 Å². The maximum atomic E-state index is 3.84. The first-order valence-electron chi connectivity index (χ1n) is 7.06. The second-order valence-electron chi connectivity index (χ2n) is 4.94. The normalized spacial score (nSPS) is 12.3. The Kier molecular flexibility index (Phi) is 4.01. The highest BCUT2D eigenvalue weighted by Crippen LogP contribution is 2.27. The van der Waals surface area contributed by atoms with Crippen molar-refractivity contribution in [3.63, 3.8) is 0 Å². The minimum atomic E-state index is 0.298. The van der Waals surface area contributed by atoms with Crippen molar-refractivity contribution in [3.05, 3.63) is 58.8 Å². The molecule has 0 aliphatic heterocycles. The minimum absolute atomic E-state index is 0.298. The van der Waals surface area contributed by atoms with Crippen LogP contribution in [0.2, 0.25) is 0 Å². The van der Waals surface area contributed by atoms with E-state index >= 15 is 0 Å². The molecule has 0 fully saturated rings. The zero-order valence-electron chi connectivity index (χ0n) is 12.2. The number of anilines is 1. The van der Waals surface area contributed by atoms with E-state index in [4.69, 9.17) is 0 Å². The predicted molar refractivity (Wildman–Crippen MR) is 87.1 cm³/mol. The monoisotopic (exact) mass is 298 g/mol. The van der Waals surface area contributed by atoms with E-state index in [0.717, 1.165) is 17.8 Å². The van der Waals surface area contributed by atoms with E-state index in [9.17, 15) is 0 Å². The number of aryl methyl sites for hydroxylation is 1. The van der Waals surface area contributed by atoms with Crippen molar-refractivity contribution in [1.29, 1.82) is 0 Å². The van der Waals surface area contributed by atoms with Gasteiger partial charge >= 0.3 is 0 Å². The molecule has 2 heterocycles. The van der Waals surface area contributed by atoms with Gasteiger partial charge in [0.2, 0.25) is 0 Å². The van der Waals surface area contributed by atoms with Crippen LogP contribution in [0.4, 0.5) is 5.69 Å². The fourth-order valence-electron chi connectivity index (χ4n) is 2.23.